The number of amides is 3. The van der Waals surface area contributed by atoms with Crippen LogP contribution in [0.2, 0.25) is 0 Å². The number of hydrogen-bond acceptors (Lipinski definition) is 5. The van der Waals surface area contributed by atoms with Crippen molar-refractivity contribution in [3.05, 3.63) is 54.4 Å². The molecule has 0 radical (unpaired) electrons. The van der Waals surface area contributed by atoms with Crippen LogP contribution in [0.1, 0.15) is 12.8 Å². The van der Waals surface area contributed by atoms with Crippen LogP contribution in [-0.4, -0.2) is 43.8 Å². The van der Waals surface area contributed by atoms with Crippen molar-refractivity contribution in [2.75, 3.05) is 23.7 Å². The number of carbonyl (C=O) groups excluding carboxylic acids is 2. The van der Waals surface area contributed by atoms with Crippen molar-refractivity contribution in [1.29, 1.82) is 0 Å². The lowest BCUT2D eigenvalue weighted by Crippen LogP contribution is -2.42. The van der Waals surface area contributed by atoms with Crippen LogP contribution in [0.4, 0.5) is 16.2 Å². The third-order valence-corrected chi connectivity index (χ3v) is 7.66. The largest absolute Gasteiger partial charge is 0.334 e. The molecular formula is C19H22N4O4S2. The molecule has 1 aromatic heterocycles. The Morgan fingerprint density at radius 1 is 1.17 bits per heavy atom. The van der Waals surface area contributed by atoms with E-state index in [9.17, 15) is 18.0 Å². The van der Waals surface area contributed by atoms with Crippen LogP contribution < -0.4 is 16.0 Å². The van der Waals surface area contributed by atoms with Gasteiger partial charge in [0.25, 0.3) is 10.0 Å². The number of anilines is 2. The summed E-state index contributed by atoms with van der Waals surface area (Å²) in [4.78, 5) is 24.4. The normalized spacial score (nSPS) is 16.9. The fourth-order valence-electron chi connectivity index (χ4n) is 3.02. The van der Waals surface area contributed by atoms with Gasteiger partial charge in [0, 0.05) is 24.5 Å². The quantitative estimate of drug-likeness (QED) is 0.583. The molecule has 1 saturated heterocycles. The Bertz CT molecular complexity index is 972. The molecule has 1 fully saturated rings. The van der Waals surface area contributed by atoms with Crippen molar-refractivity contribution in [3.8, 4) is 0 Å². The molecule has 1 atom stereocenters. The van der Waals surface area contributed by atoms with Crippen molar-refractivity contribution in [1.82, 2.24) is 9.62 Å². The molecule has 0 aliphatic carbocycles. The van der Waals surface area contributed by atoms with Gasteiger partial charge in [-0.2, -0.15) is 4.31 Å². The Morgan fingerprint density at radius 2 is 1.86 bits per heavy atom. The minimum atomic E-state index is -3.68. The fraction of sp³-hybridized carbons (Fsp3) is 0.263. The molecule has 1 unspecified atom stereocenters. The summed E-state index contributed by atoms with van der Waals surface area (Å²) in [6.45, 7) is 4.20. The predicted molar refractivity (Wildman–Crippen MR) is 114 cm³/mol. The highest BCUT2D eigenvalue weighted by atomic mass is 32.2. The van der Waals surface area contributed by atoms with Gasteiger partial charge in [-0.15, -0.1) is 17.9 Å². The second-order valence-corrected chi connectivity index (χ2v) is 9.46. The Kier molecular flexibility index (Phi) is 6.68. The minimum Gasteiger partial charge on any atom is -0.334 e. The summed E-state index contributed by atoms with van der Waals surface area (Å²) in [6, 6.07) is 8.71. The van der Waals surface area contributed by atoms with E-state index < -0.39 is 16.1 Å². The SMILES string of the molecule is C=CCNC(=O)Nc1ccc(NC(=O)C2CCCN2S(=O)(=O)c2cccs2)cc1. The number of nitrogens with one attached hydrogen (secondary N) is 3. The minimum absolute atomic E-state index is 0.238. The van der Waals surface area contributed by atoms with E-state index >= 15 is 0 Å². The first-order valence-corrected chi connectivity index (χ1v) is 11.4. The van der Waals surface area contributed by atoms with E-state index in [1.54, 1.807) is 47.9 Å². The molecule has 154 valence electrons. The first-order chi connectivity index (χ1) is 13.9. The summed E-state index contributed by atoms with van der Waals surface area (Å²) in [5.74, 6) is -0.368. The average Bonchev–Trinajstić information content (AvgIpc) is 3.40. The Hall–Kier alpha value is -2.69. The van der Waals surface area contributed by atoms with Gasteiger partial charge in [-0.25, -0.2) is 13.2 Å². The fourth-order valence-corrected chi connectivity index (χ4v) is 5.79. The number of rotatable bonds is 7. The van der Waals surface area contributed by atoms with Gasteiger partial charge < -0.3 is 16.0 Å². The highest BCUT2D eigenvalue weighted by Crippen LogP contribution is 2.29. The summed E-state index contributed by atoms with van der Waals surface area (Å²) in [7, 11) is -3.68. The maximum absolute atomic E-state index is 12.8. The van der Waals surface area contributed by atoms with Crippen LogP contribution in [0.3, 0.4) is 0 Å². The highest BCUT2D eigenvalue weighted by Gasteiger charge is 2.39. The number of carbonyl (C=O) groups is 2. The number of hydrogen-bond donors (Lipinski definition) is 3. The molecule has 3 rings (SSSR count). The molecule has 3 N–H and O–H groups in total. The zero-order chi connectivity index (χ0) is 20.9. The van der Waals surface area contributed by atoms with Gasteiger partial charge in [-0.05, 0) is 48.6 Å². The molecule has 2 heterocycles. The number of nitrogens with zero attached hydrogens (tertiary/aromatic N) is 1. The van der Waals surface area contributed by atoms with Gasteiger partial charge in [0.15, 0.2) is 0 Å². The van der Waals surface area contributed by atoms with Crippen LogP contribution in [0.5, 0.6) is 0 Å². The molecule has 0 bridgehead atoms. The van der Waals surface area contributed by atoms with Crippen LogP contribution in [0.25, 0.3) is 0 Å². The Morgan fingerprint density at radius 3 is 2.48 bits per heavy atom. The van der Waals surface area contributed by atoms with Gasteiger partial charge in [0.2, 0.25) is 5.91 Å². The van der Waals surface area contributed by atoms with E-state index in [4.69, 9.17) is 0 Å². The summed E-state index contributed by atoms with van der Waals surface area (Å²) in [6.07, 6.45) is 2.67. The van der Waals surface area contributed by atoms with Crippen molar-refractivity contribution < 1.29 is 18.0 Å². The lowest BCUT2D eigenvalue weighted by molar-refractivity contribution is -0.119. The zero-order valence-electron chi connectivity index (χ0n) is 15.6. The molecule has 3 amide bonds. The van der Waals surface area contributed by atoms with Gasteiger partial charge in [-0.1, -0.05) is 12.1 Å². The molecule has 1 aliphatic rings. The number of benzene rings is 1. The highest BCUT2D eigenvalue weighted by molar-refractivity contribution is 7.91. The zero-order valence-corrected chi connectivity index (χ0v) is 17.3. The second-order valence-electron chi connectivity index (χ2n) is 6.40. The third kappa shape index (κ3) is 5.03. The first-order valence-electron chi connectivity index (χ1n) is 9.04. The van der Waals surface area contributed by atoms with Crippen molar-refractivity contribution in [2.45, 2.75) is 23.1 Å². The van der Waals surface area contributed by atoms with Gasteiger partial charge in [0.05, 0.1) is 0 Å². The molecule has 0 saturated carbocycles. The van der Waals surface area contributed by atoms with E-state index in [-0.39, 0.29) is 16.1 Å². The maximum atomic E-state index is 12.8. The molecule has 8 nitrogen and oxygen atoms in total. The molecular weight excluding hydrogens is 412 g/mol. The molecule has 29 heavy (non-hydrogen) atoms. The van der Waals surface area contributed by atoms with Crippen molar-refractivity contribution in [3.63, 3.8) is 0 Å². The molecule has 1 aromatic carbocycles. The van der Waals surface area contributed by atoms with Gasteiger partial charge in [-0.3, -0.25) is 4.79 Å². The Balaban J connectivity index is 1.63. The molecule has 10 heteroatoms. The van der Waals surface area contributed by atoms with Gasteiger partial charge in [0.1, 0.15) is 10.3 Å². The number of thiophene rings is 1. The van der Waals surface area contributed by atoms with E-state index in [1.165, 1.54) is 4.31 Å². The standard InChI is InChI=1S/C19H22N4O4S2/c1-2-11-20-19(25)22-15-9-7-14(8-10-15)21-18(24)16-5-3-12-23(16)29(26,27)17-6-4-13-28-17/h2,4,6-10,13,16H,1,3,5,11-12H2,(H,21,24)(H2,20,22,25). The summed E-state index contributed by atoms with van der Waals surface area (Å²) in [5, 5.41) is 9.72. The molecule has 0 spiro atoms. The van der Waals surface area contributed by atoms with Crippen LogP contribution >= 0.6 is 11.3 Å². The lowest BCUT2D eigenvalue weighted by atomic mass is 10.2. The van der Waals surface area contributed by atoms with Crippen molar-refractivity contribution in [2.24, 2.45) is 0 Å². The number of sulfonamides is 1. The predicted octanol–water partition coefficient (Wildman–Crippen LogP) is 2.85. The molecule has 2 aromatic rings. The Labute approximate surface area is 173 Å². The van der Waals surface area contributed by atoms with E-state index in [1.807, 2.05) is 0 Å². The van der Waals surface area contributed by atoms with E-state index in [0.717, 1.165) is 11.3 Å². The summed E-state index contributed by atoms with van der Waals surface area (Å²) < 4.78 is 27.1. The second kappa shape index (κ2) is 9.21. The topological polar surface area (TPSA) is 108 Å². The number of urea groups is 1. The average molecular weight is 435 g/mol. The van der Waals surface area contributed by atoms with Crippen LogP contribution in [0.15, 0.2) is 58.6 Å². The summed E-state index contributed by atoms with van der Waals surface area (Å²) >= 11 is 1.14. The lowest BCUT2D eigenvalue weighted by Gasteiger charge is -2.22. The third-order valence-electron chi connectivity index (χ3n) is 4.38. The summed E-state index contributed by atoms with van der Waals surface area (Å²) in [5.41, 5.74) is 1.08. The van der Waals surface area contributed by atoms with Crippen LogP contribution in [0, 0.1) is 0 Å². The van der Waals surface area contributed by atoms with Crippen LogP contribution in [-0.2, 0) is 14.8 Å². The molecule has 1 aliphatic heterocycles. The van der Waals surface area contributed by atoms with Crippen molar-refractivity contribution >= 4 is 44.7 Å². The van der Waals surface area contributed by atoms with E-state index in [2.05, 4.69) is 22.5 Å². The van der Waals surface area contributed by atoms with Gasteiger partial charge >= 0.3 is 6.03 Å². The first kappa shape index (κ1) is 21.0. The monoisotopic (exact) mass is 434 g/mol. The maximum Gasteiger partial charge on any atom is 0.319 e. The van der Waals surface area contributed by atoms with E-state index in [0.29, 0.717) is 37.3 Å². The smallest absolute Gasteiger partial charge is 0.319 e.